The third kappa shape index (κ3) is 5.83. The van der Waals surface area contributed by atoms with Gasteiger partial charge in [0.1, 0.15) is 5.84 Å². The van der Waals surface area contributed by atoms with Gasteiger partial charge in [0.05, 0.1) is 16.9 Å². The lowest BCUT2D eigenvalue weighted by Crippen LogP contribution is -2.13. The number of aromatic nitrogens is 1. The monoisotopic (exact) mass is 474 g/mol. The van der Waals surface area contributed by atoms with Crippen molar-refractivity contribution in [1.29, 1.82) is 0 Å². The second kappa shape index (κ2) is 10.4. The summed E-state index contributed by atoms with van der Waals surface area (Å²) in [6.45, 7) is 0.601. The van der Waals surface area contributed by atoms with E-state index in [9.17, 15) is 13.2 Å². The molecule has 3 aromatic rings. The standard InChI is InChI=1S/C22H19F3N4S.CH2O2/c1-27-21(26)14-2-6-18(7-3-14)30-29-11-10-16-12-15(4-9-20(16)29)19-8-5-17(13-28-19)22(23,24)25;2-1-3/h2-9,12-13H,10-11H2,1H3,(H2,26,27);1H,(H,2,3). The van der Waals surface area contributed by atoms with E-state index >= 15 is 0 Å². The minimum absolute atomic E-state index is 0.250. The van der Waals surface area contributed by atoms with Crippen LogP contribution in [0.4, 0.5) is 18.9 Å². The molecule has 0 unspecified atom stereocenters. The van der Waals surface area contributed by atoms with Crippen LogP contribution >= 0.6 is 11.9 Å². The molecule has 0 spiro atoms. The number of rotatable bonds is 4. The number of halogens is 3. The number of pyridine rings is 1. The normalized spacial score (nSPS) is 13.2. The number of nitrogens with two attached hydrogens (primary N) is 1. The van der Waals surface area contributed by atoms with E-state index in [-0.39, 0.29) is 6.47 Å². The molecule has 2 heterocycles. The highest BCUT2D eigenvalue weighted by atomic mass is 32.2. The first-order valence-corrected chi connectivity index (χ1v) is 10.6. The summed E-state index contributed by atoms with van der Waals surface area (Å²) in [4.78, 5) is 17.4. The van der Waals surface area contributed by atoms with E-state index in [1.54, 1.807) is 19.0 Å². The Balaban J connectivity index is 0.000000968. The zero-order chi connectivity index (χ0) is 24.0. The third-order valence-corrected chi connectivity index (χ3v) is 6.01. The van der Waals surface area contributed by atoms with Crippen LogP contribution in [0.15, 0.2) is 70.7 Å². The summed E-state index contributed by atoms with van der Waals surface area (Å²) in [5.41, 5.74) is 9.58. The van der Waals surface area contributed by atoms with Gasteiger partial charge in [-0.3, -0.25) is 14.8 Å². The maximum Gasteiger partial charge on any atom is 0.417 e. The van der Waals surface area contributed by atoms with Crippen molar-refractivity contribution >= 4 is 29.9 Å². The molecule has 0 saturated heterocycles. The summed E-state index contributed by atoms with van der Waals surface area (Å²) in [6, 6.07) is 16.3. The molecule has 0 saturated carbocycles. The summed E-state index contributed by atoms with van der Waals surface area (Å²) in [5, 5.41) is 6.89. The smallest absolute Gasteiger partial charge is 0.417 e. The van der Waals surface area contributed by atoms with Crippen LogP contribution in [0.5, 0.6) is 0 Å². The predicted molar refractivity (Wildman–Crippen MR) is 123 cm³/mol. The molecule has 1 aliphatic rings. The Labute approximate surface area is 193 Å². The van der Waals surface area contributed by atoms with E-state index in [1.165, 1.54) is 6.07 Å². The maximum atomic E-state index is 12.7. The van der Waals surface area contributed by atoms with Crippen molar-refractivity contribution in [3.05, 3.63) is 77.5 Å². The molecule has 0 fully saturated rings. The Bertz CT molecular complexity index is 1130. The fourth-order valence-electron chi connectivity index (χ4n) is 3.30. The first kappa shape index (κ1) is 24.1. The molecule has 6 nitrogen and oxygen atoms in total. The molecule has 33 heavy (non-hydrogen) atoms. The average Bonchev–Trinajstić information content (AvgIpc) is 3.21. The van der Waals surface area contributed by atoms with E-state index in [0.29, 0.717) is 11.5 Å². The number of benzene rings is 2. The fraction of sp³-hybridized carbons (Fsp3) is 0.174. The van der Waals surface area contributed by atoms with Gasteiger partial charge in [-0.05, 0) is 60.3 Å². The van der Waals surface area contributed by atoms with Crippen LogP contribution in [-0.2, 0) is 17.4 Å². The molecule has 0 radical (unpaired) electrons. The Morgan fingerprint density at radius 1 is 1.18 bits per heavy atom. The van der Waals surface area contributed by atoms with Crippen molar-refractivity contribution < 1.29 is 23.1 Å². The van der Waals surface area contributed by atoms with Crippen LogP contribution < -0.4 is 10.0 Å². The van der Waals surface area contributed by atoms with Crippen LogP contribution in [-0.4, -0.2) is 36.0 Å². The number of fused-ring (bicyclic) bond motifs is 1. The van der Waals surface area contributed by atoms with E-state index in [1.807, 2.05) is 42.5 Å². The summed E-state index contributed by atoms with van der Waals surface area (Å²) in [6.07, 6.45) is -2.64. The molecule has 0 bridgehead atoms. The van der Waals surface area contributed by atoms with Crippen LogP contribution in [0.1, 0.15) is 16.7 Å². The highest BCUT2D eigenvalue weighted by Crippen LogP contribution is 2.38. The summed E-state index contributed by atoms with van der Waals surface area (Å²) >= 11 is 1.64. The Morgan fingerprint density at radius 3 is 2.45 bits per heavy atom. The van der Waals surface area contributed by atoms with E-state index < -0.39 is 11.7 Å². The van der Waals surface area contributed by atoms with Crippen molar-refractivity contribution in [3.8, 4) is 11.3 Å². The number of carbonyl (C=O) groups is 1. The molecule has 2 aromatic carbocycles. The van der Waals surface area contributed by atoms with Gasteiger partial charge < -0.3 is 15.1 Å². The van der Waals surface area contributed by atoms with Crippen molar-refractivity contribution in [2.45, 2.75) is 17.5 Å². The SMILES string of the molecule is CN=C(N)c1ccc(SN2CCc3cc(-c4ccc(C(F)(F)F)cn4)ccc32)cc1.O=CO. The van der Waals surface area contributed by atoms with Gasteiger partial charge in [0, 0.05) is 35.8 Å². The van der Waals surface area contributed by atoms with Gasteiger partial charge in [0.15, 0.2) is 0 Å². The zero-order valence-electron chi connectivity index (χ0n) is 17.6. The predicted octanol–water partition coefficient (Wildman–Crippen LogP) is 4.87. The first-order valence-electron chi connectivity index (χ1n) is 9.79. The van der Waals surface area contributed by atoms with Gasteiger partial charge >= 0.3 is 6.18 Å². The number of hydrogen-bond acceptors (Lipinski definition) is 5. The van der Waals surface area contributed by atoms with Crippen LogP contribution in [0, 0.1) is 0 Å². The lowest BCUT2D eigenvalue weighted by Gasteiger charge is -2.18. The van der Waals surface area contributed by atoms with Gasteiger partial charge in [-0.15, -0.1) is 0 Å². The zero-order valence-corrected chi connectivity index (χ0v) is 18.4. The van der Waals surface area contributed by atoms with E-state index in [0.717, 1.165) is 52.5 Å². The summed E-state index contributed by atoms with van der Waals surface area (Å²) in [5.74, 6) is 0.502. The number of hydrogen-bond donors (Lipinski definition) is 2. The largest absolute Gasteiger partial charge is 0.483 e. The van der Waals surface area contributed by atoms with Gasteiger partial charge in [-0.2, -0.15) is 13.2 Å². The quantitative estimate of drug-likeness (QED) is 0.243. The highest BCUT2D eigenvalue weighted by molar-refractivity contribution is 8.00. The van der Waals surface area contributed by atoms with E-state index in [4.69, 9.17) is 15.6 Å². The number of nitrogens with zero attached hydrogens (tertiary/aromatic N) is 3. The molecule has 0 aliphatic carbocycles. The fourth-order valence-corrected chi connectivity index (χ4v) is 4.27. The molecule has 0 amide bonds. The summed E-state index contributed by atoms with van der Waals surface area (Å²) in [7, 11) is 1.66. The number of aliphatic imine (C=N–C) groups is 1. The molecular formula is C23H21F3N4O2S. The Hall–Kier alpha value is -3.53. The first-order chi connectivity index (χ1) is 15.8. The third-order valence-electron chi connectivity index (χ3n) is 4.93. The minimum atomic E-state index is -4.38. The van der Waals surface area contributed by atoms with Crippen LogP contribution in [0.3, 0.4) is 0 Å². The van der Waals surface area contributed by atoms with E-state index in [2.05, 4.69) is 14.3 Å². The number of anilines is 1. The van der Waals surface area contributed by atoms with Gasteiger partial charge in [-0.25, -0.2) is 0 Å². The molecular weight excluding hydrogens is 453 g/mol. The van der Waals surface area contributed by atoms with Crippen LogP contribution in [0.2, 0.25) is 0 Å². The summed E-state index contributed by atoms with van der Waals surface area (Å²) < 4.78 is 40.4. The van der Waals surface area contributed by atoms with Gasteiger partial charge in [0.2, 0.25) is 0 Å². The van der Waals surface area contributed by atoms with Crippen molar-refractivity contribution in [1.82, 2.24) is 4.98 Å². The lowest BCUT2D eigenvalue weighted by molar-refractivity contribution is -0.137. The molecule has 1 aromatic heterocycles. The van der Waals surface area contributed by atoms with Crippen molar-refractivity contribution in [2.24, 2.45) is 10.7 Å². The number of alkyl halides is 3. The second-order valence-corrected chi connectivity index (χ2v) is 8.05. The molecule has 4 rings (SSSR count). The molecule has 10 heteroatoms. The number of amidine groups is 1. The van der Waals surface area contributed by atoms with Gasteiger partial charge in [0.25, 0.3) is 6.47 Å². The Morgan fingerprint density at radius 2 is 1.88 bits per heavy atom. The molecule has 0 atom stereocenters. The van der Waals surface area contributed by atoms with Gasteiger partial charge in [-0.1, -0.05) is 18.2 Å². The molecule has 3 N–H and O–H groups in total. The average molecular weight is 475 g/mol. The number of carboxylic acid groups (broad SMARTS) is 1. The topological polar surface area (TPSA) is 91.8 Å². The maximum absolute atomic E-state index is 12.7. The van der Waals surface area contributed by atoms with Crippen molar-refractivity contribution in [2.75, 3.05) is 17.9 Å². The lowest BCUT2D eigenvalue weighted by atomic mass is 10.1. The molecule has 172 valence electrons. The highest BCUT2D eigenvalue weighted by Gasteiger charge is 2.30. The van der Waals surface area contributed by atoms with Crippen LogP contribution in [0.25, 0.3) is 11.3 Å². The van der Waals surface area contributed by atoms with Crippen molar-refractivity contribution in [3.63, 3.8) is 0 Å². The molecule has 1 aliphatic heterocycles. The second-order valence-electron chi connectivity index (χ2n) is 6.96. The minimum Gasteiger partial charge on any atom is -0.483 e. The Kier molecular flexibility index (Phi) is 7.59.